The number of hydrogen-bond acceptors (Lipinski definition) is 4. The molecule has 0 unspecified atom stereocenters. The molecule has 5 rings (SSSR count). The van der Waals surface area contributed by atoms with E-state index in [1.807, 2.05) is 47.6 Å². The molecule has 0 atom stereocenters. The smallest absolute Gasteiger partial charge is 0.253 e. The zero-order valence-electron chi connectivity index (χ0n) is 15.4. The van der Waals surface area contributed by atoms with Crippen LogP contribution in [0.25, 0.3) is 17.0 Å². The SMILES string of the molecule is O=C(c1ccc(Cn2ccnc2-c2cnn3cccnc23)cc1)N1CCCC1. The van der Waals surface area contributed by atoms with Gasteiger partial charge in [0.15, 0.2) is 5.65 Å². The summed E-state index contributed by atoms with van der Waals surface area (Å²) in [5.41, 5.74) is 3.54. The van der Waals surface area contributed by atoms with Gasteiger partial charge in [-0.1, -0.05) is 12.1 Å². The second kappa shape index (κ2) is 6.92. The van der Waals surface area contributed by atoms with E-state index in [2.05, 4.69) is 19.6 Å². The minimum absolute atomic E-state index is 0.129. The molecule has 140 valence electrons. The van der Waals surface area contributed by atoms with Crippen LogP contribution in [0.3, 0.4) is 0 Å². The van der Waals surface area contributed by atoms with Crippen LogP contribution in [-0.4, -0.2) is 48.0 Å². The summed E-state index contributed by atoms with van der Waals surface area (Å²) in [5, 5.41) is 4.35. The topological polar surface area (TPSA) is 68.3 Å². The van der Waals surface area contributed by atoms with Crippen molar-refractivity contribution in [2.45, 2.75) is 19.4 Å². The summed E-state index contributed by atoms with van der Waals surface area (Å²) in [6, 6.07) is 9.72. The Morgan fingerprint density at radius 3 is 2.64 bits per heavy atom. The van der Waals surface area contributed by atoms with E-state index in [4.69, 9.17) is 0 Å². The predicted octanol–water partition coefficient (Wildman–Crippen LogP) is 2.88. The fourth-order valence-electron chi connectivity index (χ4n) is 3.72. The van der Waals surface area contributed by atoms with E-state index < -0.39 is 0 Å². The molecule has 1 saturated heterocycles. The maximum atomic E-state index is 12.5. The van der Waals surface area contributed by atoms with Crippen molar-refractivity contribution in [3.05, 3.63) is 72.4 Å². The van der Waals surface area contributed by atoms with Crippen LogP contribution in [0.15, 0.2) is 61.3 Å². The number of aromatic nitrogens is 5. The van der Waals surface area contributed by atoms with Crippen molar-refractivity contribution in [1.29, 1.82) is 0 Å². The zero-order valence-corrected chi connectivity index (χ0v) is 15.4. The Hall–Kier alpha value is -3.48. The van der Waals surface area contributed by atoms with E-state index >= 15 is 0 Å². The van der Waals surface area contributed by atoms with Gasteiger partial charge in [0.2, 0.25) is 0 Å². The highest BCUT2D eigenvalue weighted by atomic mass is 16.2. The lowest BCUT2D eigenvalue weighted by atomic mass is 10.1. The second-order valence-corrected chi connectivity index (χ2v) is 7.02. The number of hydrogen-bond donors (Lipinski definition) is 0. The van der Waals surface area contributed by atoms with Gasteiger partial charge in [-0.3, -0.25) is 4.79 Å². The highest BCUT2D eigenvalue weighted by Crippen LogP contribution is 2.22. The van der Waals surface area contributed by atoms with Crippen molar-refractivity contribution in [2.24, 2.45) is 0 Å². The number of imidazole rings is 1. The van der Waals surface area contributed by atoms with Gasteiger partial charge in [0.05, 0.1) is 11.8 Å². The van der Waals surface area contributed by atoms with Crippen molar-refractivity contribution >= 4 is 11.6 Å². The second-order valence-electron chi connectivity index (χ2n) is 7.02. The minimum Gasteiger partial charge on any atom is -0.339 e. The number of benzene rings is 1. The van der Waals surface area contributed by atoms with E-state index in [0.717, 1.165) is 54.1 Å². The van der Waals surface area contributed by atoms with Crippen LogP contribution in [0.1, 0.15) is 28.8 Å². The summed E-state index contributed by atoms with van der Waals surface area (Å²) in [6.07, 6.45) is 11.4. The first-order valence-corrected chi connectivity index (χ1v) is 9.48. The van der Waals surface area contributed by atoms with Gasteiger partial charge in [-0.25, -0.2) is 14.5 Å². The summed E-state index contributed by atoms with van der Waals surface area (Å²) in [5.74, 6) is 0.954. The molecule has 0 N–H and O–H groups in total. The summed E-state index contributed by atoms with van der Waals surface area (Å²) in [6.45, 7) is 2.40. The molecule has 28 heavy (non-hydrogen) atoms. The molecule has 3 aromatic heterocycles. The van der Waals surface area contributed by atoms with Crippen LogP contribution in [0, 0.1) is 0 Å². The molecule has 7 nitrogen and oxygen atoms in total. The predicted molar refractivity (Wildman–Crippen MR) is 105 cm³/mol. The third-order valence-corrected chi connectivity index (χ3v) is 5.18. The van der Waals surface area contributed by atoms with Crippen molar-refractivity contribution in [2.75, 3.05) is 13.1 Å². The Balaban J connectivity index is 1.39. The van der Waals surface area contributed by atoms with Crippen LogP contribution in [0.4, 0.5) is 0 Å². The monoisotopic (exact) mass is 372 g/mol. The van der Waals surface area contributed by atoms with Crippen LogP contribution in [0.5, 0.6) is 0 Å². The number of carbonyl (C=O) groups is 1. The number of likely N-dealkylation sites (tertiary alicyclic amines) is 1. The quantitative estimate of drug-likeness (QED) is 0.552. The maximum Gasteiger partial charge on any atom is 0.253 e. The van der Waals surface area contributed by atoms with E-state index in [1.165, 1.54) is 0 Å². The third-order valence-electron chi connectivity index (χ3n) is 5.18. The Labute approximate surface area is 162 Å². The molecule has 0 bridgehead atoms. The largest absolute Gasteiger partial charge is 0.339 e. The molecule has 0 radical (unpaired) electrons. The molecule has 1 aliphatic rings. The molecular weight excluding hydrogens is 352 g/mol. The molecule has 0 saturated carbocycles. The van der Waals surface area contributed by atoms with Gasteiger partial charge in [0.25, 0.3) is 5.91 Å². The summed E-state index contributed by atoms with van der Waals surface area (Å²) in [7, 11) is 0. The van der Waals surface area contributed by atoms with Gasteiger partial charge in [0.1, 0.15) is 5.82 Å². The fraction of sp³-hybridized carbons (Fsp3) is 0.238. The lowest BCUT2D eigenvalue weighted by Gasteiger charge is -2.15. The van der Waals surface area contributed by atoms with E-state index in [1.54, 1.807) is 23.1 Å². The summed E-state index contributed by atoms with van der Waals surface area (Å²) >= 11 is 0. The molecule has 1 aromatic carbocycles. The number of amides is 1. The van der Waals surface area contributed by atoms with E-state index in [9.17, 15) is 4.79 Å². The Morgan fingerprint density at radius 2 is 1.82 bits per heavy atom. The lowest BCUT2D eigenvalue weighted by molar-refractivity contribution is 0.0793. The summed E-state index contributed by atoms with van der Waals surface area (Å²) in [4.78, 5) is 23.4. The van der Waals surface area contributed by atoms with Gasteiger partial charge >= 0.3 is 0 Å². The number of nitrogens with zero attached hydrogens (tertiary/aromatic N) is 6. The van der Waals surface area contributed by atoms with Gasteiger partial charge in [-0.05, 0) is 36.6 Å². The first kappa shape index (κ1) is 16.7. The first-order valence-electron chi connectivity index (χ1n) is 9.48. The van der Waals surface area contributed by atoms with Gasteiger partial charge in [0, 0.05) is 50.0 Å². The maximum absolute atomic E-state index is 12.5. The average Bonchev–Trinajstić information content (AvgIpc) is 3.48. The van der Waals surface area contributed by atoms with Gasteiger partial charge < -0.3 is 9.47 Å². The average molecular weight is 372 g/mol. The first-order chi connectivity index (χ1) is 13.8. The Bertz CT molecular complexity index is 1120. The lowest BCUT2D eigenvalue weighted by Crippen LogP contribution is -2.27. The number of rotatable bonds is 4. The molecular formula is C21H20N6O. The summed E-state index contributed by atoms with van der Waals surface area (Å²) < 4.78 is 3.82. The number of carbonyl (C=O) groups excluding carboxylic acids is 1. The van der Waals surface area contributed by atoms with Crippen molar-refractivity contribution in [1.82, 2.24) is 29.0 Å². The van der Waals surface area contributed by atoms with E-state index in [-0.39, 0.29) is 5.91 Å². The normalized spacial score (nSPS) is 14.1. The van der Waals surface area contributed by atoms with Gasteiger partial charge in [-0.15, -0.1) is 0 Å². The molecule has 4 heterocycles. The standard InChI is InChI=1S/C21H20N6O/c28-21(25-10-1-2-11-25)17-6-4-16(5-7-17)15-26-13-9-23-19(26)18-14-24-27-12-3-8-22-20(18)27/h3-9,12-14H,1-2,10-11,15H2. The minimum atomic E-state index is 0.129. The highest BCUT2D eigenvalue weighted by molar-refractivity contribution is 5.94. The van der Waals surface area contributed by atoms with Crippen LogP contribution in [-0.2, 0) is 6.54 Å². The fourth-order valence-corrected chi connectivity index (χ4v) is 3.72. The zero-order chi connectivity index (χ0) is 18.9. The molecule has 1 fully saturated rings. The highest BCUT2D eigenvalue weighted by Gasteiger charge is 2.19. The molecule has 1 amide bonds. The van der Waals surface area contributed by atoms with Crippen molar-refractivity contribution in [3.63, 3.8) is 0 Å². The van der Waals surface area contributed by atoms with Crippen LogP contribution in [0.2, 0.25) is 0 Å². The van der Waals surface area contributed by atoms with Crippen molar-refractivity contribution in [3.8, 4) is 11.4 Å². The van der Waals surface area contributed by atoms with Gasteiger partial charge in [-0.2, -0.15) is 5.10 Å². The molecule has 0 spiro atoms. The number of fused-ring (bicyclic) bond motifs is 1. The van der Waals surface area contributed by atoms with Crippen molar-refractivity contribution < 1.29 is 4.79 Å². The van der Waals surface area contributed by atoms with Crippen LogP contribution >= 0.6 is 0 Å². The van der Waals surface area contributed by atoms with E-state index in [0.29, 0.717) is 6.54 Å². The van der Waals surface area contributed by atoms with Crippen LogP contribution < -0.4 is 0 Å². The molecule has 7 heteroatoms. The third kappa shape index (κ3) is 2.94. The molecule has 0 aliphatic carbocycles. The Morgan fingerprint density at radius 1 is 1.00 bits per heavy atom. The Kier molecular flexibility index (Phi) is 4.12. The molecule has 4 aromatic rings. The molecule has 1 aliphatic heterocycles.